The van der Waals surface area contributed by atoms with Crippen molar-refractivity contribution >= 4 is 5.91 Å². The number of benzene rings is 1. The normalized spacial score (nSPS) is 18.1. The van der Waals surface area contributed by atoms with Crippen molar-refractivity contribution < 1.29 is 9.53 Å². The fourth-order valence-electron chi connectivity index (χ4n) is 2.70. The first kappa shape index (κ1) is 14.9. The van der Waals surface area contributed by atoms with E-state index in [1.165, 1.54) is 25.7 Å². The van der Waals surface area contributed by atoms with Crippen LogP contribution in [0.5, 0.6) is 5.75 Å². The zero-order valence-corrected chi connectivity index (χ0v) is 12.3. The lowest BCUT2D eigenvalue weighted by molar-refractivity contribution is -0.128. The average Bonchev–Trinajstić information content (AvgIpc) is 2.74. The molecule has 0 bridgehead atoms. The van der Waals surface area contributed by atoms with E-state index < -0.39 is 0 Å². The third kappa shape index (κ3) is 4.55. The highest BCUT2D eigenvalue weighted by atomic mass is 16.5. The molecule has 1 aromatic rings. The minimum absolute atomic E-state index is 0.0308. The first-order valence-electron chi connectivity index (χ1n) is 7.81. The van der Waals surface area contributed by atoms with E-state index in [4.69, 9.17) is 4.74 Å². The van der Waals surface area contributed by atoms with Crippen molar-refractivity contribution in [2.75, 3.05) is 0 Å². The number of hydrogen-bond acceptors (Lipinski definition) is 2. The molecule has 1 atom stereocenters. The van der Waals surface area contributed by atoms with Crippen LogP contribution < -0.4 is 10.1 Å². The molecule has 2 rings (SSSR count). The topological polar surface area (TPSA) is 38.3 Å². The molecule has 0 unspecified atom stereocenters. The summed E-state index contributed by atoms with van der Waals surface area (Å²) in [5.74, 6) is 0.790. The third-order valence-corrected chi connectivity index (χ3v) is 3.89. The smallest absolute Gasteiger partial charge is 0.261 e. The summed E-state index contributed by atoms with van der Waals surface area (Å²) >= 11 is 0. The second kappa shape index (κ2) is 7.93. The Balaban J connectivity index is 1.88. The Morgan fingerprint density at radius 2 is 1.85 bits per heavy atom. The summed E-state index contributed by atoms with van der Waals surface area (Å²) in [5, 5.41) is 3.17. The molecule has 1 saturated carbocycles. The van der Waals surface area contributed by atoms with Gasteiger partial charge in [-0.25, -0.2) is 0 Å². The molecule has 3 heteroatoms. The van der Waals surface area contributed by atoms with Gasteiger partial charge in [0.2, 0.25) is 0 Å². The molecule has 1 aromatic carbocycles. The summed E-state index contributed by atoms with van der Waals surface area (Å²) in [6.07, 6.45) is 7.55. The third-order valence-electron chi connectivity index (χ3n) is 3.89. The predicted molar refractivity (Wildman–Crippen MR) is 80.8 cm³/mol. The Morgan fingerprint density at radius 1 is 1.20 bits per heavy atom. The van der Waals surface area contributed by atoms with Crippen LogP contribution in [-0.2, 0) is 4.79 Å². The molecule has 0 aromatic heterocycles. The fourth-order valence-corrected chi connectivity index (χ4v) is 2.70. The number of amides is 1. The molecule has 0 aliphatic heterocycles. The van der Waals surface area contributed by atoms with Crippen molar-refractivity contribution in [3.8, 4) is 5.75 Å². The Kier molecular flexibility index (Phi) is 5.90. The van der Waals surface area contributed by atoms with E-state index in [-0.39, 0.29) is 12.0 Å². The maximum absolute atomic E-state index is 12.3. The molecule has 0 radical (unpaired) electrons. The Bertz CT molecular complexity index is 397. The van der Waals surface area contributed by atoms with E-state index >= 15 is 0 Å². The van der Waals surface area contributed by atoms with Crippen LogP contribution in [0, 0.1) is 0 Å². The quantitative estimate of drug-likeness (QED) is 0.832. The molecule has 3 nitrogen and oxygen atoms in total. The molecule has 110 valence electrons. The zero-order chi connectivity index (χ0) is 14.2. The molecule has 0 spiro atoms. The molecule has 0 heterocycles. The second-order valence-electron chi connectivity index (χ2n) is 5.52. The minimum atomic E-state index is -0.388. The lowest BCUT2D eigenvalue weighted by Crippen LogP contribution is -2.43. The SMILES string of the molecule is CC[C@H](Oc1ccccc1)C(=O)NC1CCCCCC1. The first-order chi connectivity index (χ1) is 9.79. The Morgan fingerprint density at radius 3 is 2.45 bits per heavy atom. The van der Waals surface area contributed by atoms with Crippen molar-refractivity contribution in [3.05, 3.63) is 30.3 Å². The van der Waals surface area contributed by atoms with Crippen LogP contribution in [0.4, 0.5) is 0 Å². The van der Waals surface area contributed by atoms with E-state index in [2.05, 4.69) is 5.32 Å². The molecular formula is C17H25NO2. The van der Waals surface area contributed by atoms with Crippen LogP contribution in [0.2, 0.25) is 0 Å². The lowest BCUT2D eigenvalue weighted by Gasteiger charge is -2.21. The van der Waals surface area contributed by atoms with E-state index in [1.54, 1.807) is 0 Å². The van der Waals surface area contributed by atoms with Gasteiger partial charge < -0.3 is 10.1 Å². The standard InChI is InChI=1S/C17H25NO2/c1-2-16(20-15-12-8-5-9-13-15)17(19)18-14-10-6-3-4-7-11-14/h5,8-9,12-14,16H,2-4,6-7,10-11H2,1H3,(H,18,19)/t16-/m0/s1. The van der Waals surface area contributed by atoms with E-state index in [0.29, 0.717) is 12.5 Å². The monoisotopic (exact) mass is 275 g/mol. The highest BCUT2D eigenvalue weighted by Crippen LogP contribution is 2.18. The van der Waals surface area contributed by atoms with E-state index in [1.807, 2.05) is 37.3 Å². The zero-order valence-electron chi connectivity index (χ0n) is 12.3. The molecule has 0 saturated heterocycles. The first-order valence-corrected chi connectivity index (χ1v) is 7.81. The van der Waals surface area contributed by atoms with Gasteiger partial charge in [-0.15, -0.1) is 0 Å². The molecular weight excluding hydrogens is 250 g/mol. The van der Waals surface area contributed by atoms with E-state index in [0.717, 1.165) is 18.6 Å². The Hall–Kier alpha value is -1.51. The molecule has 1 aliphatic carbocycles. The largest absolute Gasteiger partial charge is 0.481 e. The molecule has 1 amide bonds. The number of para-hydroxylation sites is 1. The summed E-state index contributed by atoms with van der Waals surface area (Å²) in [4.78, 5) is 12.3. The minimum Gasteiger partial charge on any atom is -0.481 e. The highest BCUT2D eigenvalue weighted by molar-refractivity contribution is 5.81. The van der Waals surface area contributed by atoms with Crippen LogP contribution in [0.15, 0.2) is 30.3 Å². The lowest BCUT2D eigenvalue weighted by atomic mass is 10.1. The average molecular weight is 275 g/mol. The molecule has 1 fully saturated rings. The van der Waals surface area contributed by atoms with Gasteiger partial charge in [0.25, 0.3) is 5.91 Å². The van der Waals surface area contributed by atoms with Crippen LogP contribution in [-0.4, -0.2) is 18.1 Å². The number of hydrogen-bond donors (Lipinski definition) is 1. The van der Waals surface area contributed by atoms with E-state index in [9.17, 15) is 4.79 Å². The maximum atomic E-state index is 12.3. The van der Waals surface area contributed by atoms with Gasteiger partial charge in [0.1, 0.15) is 5.75 Å². The summed E-state index contributed by atoms with van der Waals surface area (Å²) in [5.41, 5.74) is 0. The van der Waals surface area contributed by atoms with Crippen molar-refractivity contribution in [3.63, 3.8) is 0 Å². The Labute approximate surface area is 121 Å². The van der Waals surface area contributed by atoms with Gasteiger partial charge in [-0.3, -0.25) is 4.79 Å². The number of ether oxygens (including phenoxy) is 1. The number of nitrogens with one attached hydrogen (secondary N) is 1. The molecule has 1 aliphatic rings. The summed E-state index contributed by atoms with van der Waals surface area (Å²) in [7, 11) is 0. The number of carbonyl (C=O) groups is 1. The predicted octanol–water partition coefficient (Wildman–Crippen LogP) is 3.68. The van der Waals surface area contributed by atoms with Crippen LogP contribution in [0.1, 0.15) is 51.9 Å². The maximum Gasteiger partial charge on any atom is 0.261 e. The van der Waals surface area contributed by atoms with Crippen molar-refractivity contribution in [2.24, 2.45) is 0 Å². The molecule has 20 heavy (non-hydrogen) atoms. The number of carbonyl (C=O) groups excluding carboxylic acids is 1. The van der Waals surface area contributed by atoms with Gasteiger partial charge in [-0.05, 0) is 31.4 Å². The fraction of sp³-hybridized carbons (Fsp3) is 0.588. The summed E-state index contributed by atoms with van der Waals surface area (Å²) < 4.78 is 5.79. The van der Waals surface area contributed by atoms with Gasteiger partial charge in [0.15, 0.2) is 6.10 Å². The second-order valence-corrected chi connectivity index (χ2v) is 5.52. The van der Waals surface area contributed by atoms with Crippen molar-refractivity contribution in [2.45, 2.75) is 64.0 Å². The van der Waals surface area contributed by atoms with Gasteiger partial charge in [0.05, 0.1) is 0 Å². The van der Waals surface area contributed by atoms with Gasteiger partial charge in [-0.1, -0.05) is 50.8 Å². The van der Waals surface area contributed by atoms with Gasteiger partial charge in [0, 0.05) is 6.04 Å². The number of rotatable bonds is 5. The van der Waals surface area contributed by atoms with Crippen LogP contribution in [0.3, 0.4) is 0 Å². The van der Waals surface area contributed by atoms with Gasteiger partial charge >= 0.3 is 0 Å². The molecule has 1 N–H and O–H groups in total. The van der Waals surface area contributed by atoms with Crippen LogP contribution >= 0.6 is 0 Å². The van der Waals surface area contributed by atoms with Crippen LogP contribution in [0.25, 0.3) is 0 Å². The van der Waals surface area contributed by atoms with Gasteiger partial charge in [-0.2, -0.15) is 0 Å². The summed E-state index contributed by atoms with van der Waals surface area (Å²) in [6, 6.07) is 9.90. The van der Waals surface area contributed by atoms with Crippen molar-refractivity contribution in [1.82, 2.24) is 5.32 Å². The van der Waals surface area contributed by atoms with Crippen molar-refractivity contribution in [1.29, 1.82) is 0 Å². The summed E-state index contributed by atoms with van der Waals surface area (Å²) in [6.45, 7) is 1.99. The highest BCUT2D eigenvalue weighted by Gasteiger charge is 2.22.